The molecule has 0 atom stereocenters. The highest BCUT2D eigenvalue weighted by atomic mass is 32.1. The smallest absolute Gasteiger partial charge is 0.140 e. The third kappa shape index (κ3) is 1.17. The van der Waals surface area contributed by atoms with Gasteiger partial charge in [-0.15, -0.1) is 11.3 Å². The Labute approximate surface area is 104 Å². The van der Waals surface area contributed by atoms with Gasteiger partial charge in [0.15, 0.2) is 0 Å². The fourth-order valence-corrected chi connectivity index (χ4v) is 3.56. The van der Waals surface area contributed by atoms with Crippen LogP contribution in [0.3, 0.4) is 0 Å². The van der Waals surface area contributed by atoms with Crippen LogP contribution in [0.4, 0.5) is 0 Å². The van der Waals surface area contributed by atoms with Crippen LogP contribution in [-0.4, -0.2) is 9.38 Å². The van der Waals surface area contributed by atoms with Crippen molar-refractivity contribution < 1.29 is 0 Å². The Balaban J connectivity index is 2.14. The number of aromatic nitrogens is 2. The van der Waals surface area contributed by atoms with Gasteiger partial charge in [-0.1, -0.05) is 6.07 Å². The molecule has 17 heavy (non-hydrogen) atoms. The standard InChI is InChI=1S/C14H12N2S/c1-9-3-2-7-16-11-4-5-12-10(6-8-17-12)13(11)15-14(9)16/h2-3,6-8H,4-5H2,1H3. The lowest BCUT2D eigenvalue weighted by molar-refractivity contribution is 0.894. The molecule has 0 aliphatic heterocycles. The molecule has 0 aromatic carbocycles. The monoisotopic (exact) mass is 240 g/mol. The van der Waals surface area contributed by atoms with Crippen molar-refractivity contribution in [3.05, 3.63) is 45.9 Å². The molecule has 0 saturated heterocycles. The predicted octanol–water partition coefficient (Wildman–Crippen LogP) is 3.47. The molecule has 84 valence electrons. The lowest BCUT2D eigenvalue weighted by Crippen LogP contribution is -2.02. The van der Waals surface area contributed by atoms with Gasteiger partial charge in [-0.25, -0.2) is 4.98 Å². The third-order valence-corrected chi connectivity index (χ3v) is 4.51. The van der Waals surface area contributed by atoms with Crippen LogP contribution in [0, 0.1) is 6.92 Å². The first-order chi connectivity index (χ1) is 8.34. The van der Waals surface area contributed by atoms with Crippen molar-refractivity contribution >= 4 is 17.0 Å². The largest absolute Gasteiger partial charge is 0.303 e. The van der Waals surface area contributed by atoms with E-state index in [0.29, 0.717) is 0 Å². The maximum atomic E-state index is 4.84. The van der Waals surface area contributed by atoms with Crippen LogP contribution in [0.25, 0.3) is 16.9 Å². The van der Waals surface area contributed by atoms with Crippen LogP contribution in [-0.2, 0) is 12.8 Å². The molecule has 3 heteroatoms. The molecule has 1 aliphatic carbocycles. The zero-order valence-corrected chi connectivity index (χ0v) is 10.4. The van der Waals surface area contributed by atoms with E-state index in [1.807, 2.05) is 11.3 Å². The summed E-state index contributed by atoms with van der Waals surface area (Å²) in [6.45, 7) is 2.13. The lowest BCUT2D eigenvalue weighted by Gasteiger charge is -2.11. The predicted molar refractivity (Wildman–Crippen MR) is 70.7 cm³/mol. The quantitative estimate of drug-likeness (QED) is 0.588. The topological polar surface area (TPSA) is 17.3 Å². The molecule has 2 nitrogen and oxygen atoms in total. The van der Waals surface area contributed by atoms with Gasteiger partial charge in [-0.3, -0.25) is 0 Å². The molecule has 0 bridgehead atoms. The minimum absolute atomic E-state index is 1.10. The van der Waals surface area contributed by atoms with Gasteiger partial charge < -0.3 is 4.40 Å². The summed E-state index contributed by atoms with van der Waals surface area (Å²) < 4.78 is 2.26. The Hall–Kier alpha value is -1.61. The van der Waals surface area contributed by atoms with Crippen molar-refractivity contribution in [3.63, 3.8) is 0 Å². The van der Waals surface area contributed by atoms with Crippen molar-refractivity contribution in [2.45, 2.75) is 19.8 Å². The molecule has 3 aromatic rings. The number of pyridine rings is 1. The molecular formula is C14H12N2S. The molecule has 0 radical (unpaired) electrons. The summed E-state index contributed by atoms with van der Waals surface area (Å²) in [5, 5.41) is 2.18. The average molecular weight is 240 g/mol. The average Bonchev–Trinajstić information content (AvgIpc) is 2.91. The van der Waals surface area contributed by atoms with E-state index < -0.39 is 0 Å². The number of nitrogens with zero attached hydrogens (tertiary/aromatic N) is 2. The van der Waals surface area contributed by atoms with E-state index in [9.17, 15) is 0 Å². The Morgan fingerprint density at radius 2 is 2.24 bits per heavy atom. The minimum atomic E-state index is 1.10. The summed E-state index contributed by atoms with van der Waals surface area (Å²) in [5.41, 5.74) is 6.27. The van der Waals surface area contributed by atoms with Crippen molar-refractivity contribution in [1.29, 1.82) is 0 Å². The van der Waals surface area contributed by atoms with Crippen molar-refractivity contribution in [2.75, 3.05) is 0 Å². The van der Waals surface area contributed by atoms with Crippen LogP contribution < -0.4 is 0 Å². The number of hydrogen-bond donors (Lipinski definition) is 0. The lowest BCUT2D eigenvalue weighted by atomic mass is 10.0. The summed E-state index contributed by atoms with van der Waals surface area (Å²) >= 11 is 1.85. The molecule has 3 aromatic heterocycles. The second-order valence-corrected chi connectivity index (χ2v) is 5.55. The second-order valence-electron chi connectivity index (χ2n) is 4.55. The molecule has 0 N–H and O–H groups in total. The van der Waals surface area contributed by atoms with E-state index in [2.05, 4.69) is 41.1 Å². The fourth-order valence-electron chi connectivity index (χ4n) is 2.68. The fraction of sp³-hybridized carbons (Fsp3) is 0.214. The summed E-state index contributed by atoms with van der Waals surface area (Å²) in [6.07, 6.45) is 4.39. The van der Waals surface area contributed by atoms with Crippen LogP contribution in [0.2, 0.25) is 0 Å². The van der Waals surface area contributed by atoms with E-state index in [-0.39, 0.29) is 0 Å². The number of rotatable bonds is 0. The summed E-state index contributed by atoms with van der Waals surface area (Å²) in [4.78, 5) is 6.32. The molecular weight excluding hydrogens is 228 g/mol. The summed E-state index contributed by atoms with van der Waals surface area (Å²) in [7, 11) is 0. The number of fused-ring (bicyclic) bond motifs is 5. The maximum Gasteiger partial charge on any atom is 0.140 e. The number of hydrogen-bond acceptors (Lipinski definition) is 2. The minimum Gasteiger partial charge on any atom is -0.303 e. The van der Waals surface area contributed by atoms with Crippen molar-refractivity contribution in [1.82, 2.24) is 9.38 Å². The van der Waals surface area contributed by atoms with Gasteiger partial charge in [-0.2, -0.15) is 0 Å². The van der Waals surface area contributed by atoms with E-state index in [4.69, 9.17) is 4.98 Å². The first-order valence-electron chi connectivity index (χ1n) is 5.88. The van der Waals surface area contributed by atoms with Crippen molar-refractivity contribution in [3.8, 4) is 11.3 Å². The second kappa shape index (κ2) is 3.20. The first-order valence-corrected chi connectivity index (χ1v) is 6.76. The number of imidazole rings is 1. The maximum absolute atomic E-state index is 4.84. The zero-order valence-electron chi connectivity index (χ0n) is 9.60. The van der Waals surface area contributed by atoms with Crippen LogP contribution >= 0.6 is 11.3 Å². The van der Waals surface area contributed by atoms with Gasteiger partial charge in [0, 0.05) is 16.6 Å². The highest BCUT2D eigenvalue weighted by Crippen LogP contribution is 2.36. The highest BCUT2D eigenvalue weighted by Gasteiger charge is 2.22. The summed E-state index contributed by atoms with van der Waals surface area (Å²) in [5.74, 6) is 0. The van der Waals surface area contributed by atoms with Gasteiger partial charge in [0.1, 0.15) is 5.65 Å². The Bertz CT molecular complexity index is 721. The Morgan fingerprint density at radius 1 is 1.29 bits per heavy atom. The molecule has 3 heterocycles. The van der Waals surface area contributed by atoms with Crippen LogP contribution in [0.5, 0.6) is 0 Å². The van der Waals surface area contributed by atoms with E-state index in [1.54, 1.807) is 0 Å². The Kier molecular flexibility index (Phi) is 1.77. The molecule has 1 aliphatic rings. The van der Waals surface area contributed by atoms with E-state index in [0.717, 1.165) is 18.5 Å². The molecule has 0 amide bonds. The normalized spacial score (nSPS) is 13.7. The van der Waals surface area contributed by atoms with Crippen molar-refractivity contribution in [2.24, 2.45) is 0 Å². The third-order valence-electron chi connectivity index (χ3n) is 3.53. The highest BCUT2D eigenvalue weighted by molar-refractivity contribution is 7.10. The Morgan fingerprint density at radius 3 is 3.18 bits per heavy atom. The molecule has 0 spiro atoms. The van der Waals surface area contributed by atoms with Gasteiger partial charge >= 0.3 is 0 Å². The zero-order chi connectivity index (χ0) is 11.4. The van der Waals surface area contributed by atoms with E-state index >= 15 is 0 Å². The molecule has 0 saturated carbocycles. The van der Waals surface area contributed by atoms with Crippen LogP contribution in [0.1, 0.15) is 16.1 Å². The van der Waals surface area contributed by atoms with E-state index in [1.165, 1.54) is 27.4 Å². The van der Waals surface area contributed by atoms with Gasteiger partial charge in [0.2, 0.25) is 0 Å². The number of aryl methyl sites for hydroxylation is 3. The van der Waals surface area contributed by atoms with Crippen LogP contribution in [0.15, 0.2) is 29.8 Å². The van der Waals surface area contributed by atoms with Gasteiger partial charge in [-0.05, 0) is 42.8 Å². The first kappa shape index (κ1) is 9.42. The molecule has 0 unspecified atom stereocenters. The van der Waals surface area contributed by atoms with Gasteiger partial charge in [0.05, 0.1) is 11.4 Å². The SMILES string of the molecule is Cc1cccn2c3c(nc12)-c1ccsc1CC3. The summed E-state index contributed by atoms with van der Waals surface area (Å²) in [6, 6.07) is 6.44. The molecule has 4 rings (SSSR count). The molecule has 0 fully saturated rings. The van der Waals surface area contributed by atoms with Gasteiger partial charge in [0.25, 0.3) is 0 Å². The number of thiophene rings is 1.